The Morgan fingerprint density at radius 1 is 1.25 bits per heavy atom. The Labute approximate surface area is 99.1 Å². The quantitative estimate of drug-likeness (QED) is 0.709. The normalized spacial score (nSPS) is 13.2. The lowest BCUT2D eigenvalue weighted by Crippen LogP contribution is -2.33. The van der Waals surface area contributed by atoms with Crippen LogP contribution in [-0.2, 0) is 0 Å². The van der Waals surface area contributed by atoms with Crippen LogP contribution < -0.4 is 5.32 Å². The highest BCUT2D eigenvalue weighted by atomic mass is 15.0. The molecule has 0 saturated heterocycles. The molecule has 1 heterocycles. The number of H-pyrrole nitrogens is 1. The maximum Gasteiger partial charge on any atom is 0.123 e. The molecule has 0 aromatic carbocycles. The molecule has 0 fully saturated rings. The molecule has 3 nitrogen and oxygen atoms in total. The fourth-order valence-electron chi connectivity index (χ4n) is 2.15. The third-order valence-corrected chi connectivity index (χ3v) is 2.97. The van der Waals surface area contributed by atoms with Gasteiger partial charge < -0.3 is 10.3 Å². The molecule has 1 atom stereocenters. The van der Waals surface area contributed by atoms with E-state index in [1.165, 1.54) is 25.7 Å². The second-order valence-electron chi connectivity index (χ2n) is 4.38. The second-order valence-corrected chi connectivity index (χ2v) is 4.38. The van der Waals surface area contributed by atoms with Crippen LogP contribution in [-0.4, -0.2) is 16.0 Å². The molecule has 1 aromatic rings. The summed E-state index contributed by atoms with van der Waals surface area (Å²) in [7, 11) is 0. The molecule has 1 unspecified atom stereocenters. The minimum Gasteiger partial charge on any atom is -0.347 e. The van der Waals surface area contributed by atoms with Gasteiger partial charge in [0.2, 0.25) is 0 Å². The Hall–Kier alpha value is -0.830. The largest absolute Gasteiger partial charge is 0.347 e. The first-order chi connectivity index (χ1) is 7.81. The van der Waals surface area contributed by atoms with E-state index in [4.69, 9.17) is 0 Å². The fraction of sp³-hybridized carbons (Fsp3) is 0.769. The van der Waals surface area contributed by atoms with Gasteiger partial charge in [0.15, 0.2) is 0 Å². The number of nitrogens with zero attached hydrogens (tertiary/aromatic N) is 1. The van der Waals surface area contributed by atoms with Gasteiger partial charge in [0.1, 0.15) is 5.82 Å². The van der Waals surface area contributed by atoms with Gasteiger partial charge in [0.05, 0.1) is 6.04 Å². The molecule has 2 N–H and O–H groups in total. The van der Waals surface area contributed by atoms with Crippen LogP contribution in [0.1, 0.15) is 64.7 Å². The molecule has 0 aliphatic carbocycles. The summed E-state index contributed by atoms with van der Waals surface area (Å²) in [5.74, 6) is 1.07. The molecule has 1 rings (SSSR count). The van der Waals surface area contributed by atoms with Crippen LogP contribution in [0, 0.1) is 0 Å². The predicted octanol–water partition coefficient (Wildman–Crippen LogP) is 3.42. The predicted molar refractivity (Wildman–Crippen MR) is 68.4 cm³/mol. The summed E-state index contributed by atoms with van der Waals surface area (Å²) in [6.07, 6.45) is 9.80. The molecule has 0 aliphatic heterocycles. The Bertz CT molecular complexity index is 250. The fourth-order valence-corrected chi connectivity index (χ4v) is 2.15. The lowest BCUT2D eigenvalue weighted by atomic mass is 10.0. The highest BCUT2D eigenvalue weighted by Gasteiger charge is 2.15. The summed E-state index contributed by atoms with van der Waals surface area (Å²) in [4.78, 5) is 7.55. The Balaban J connectivity index is 2.53. The van der Waals surface area contributed by atoms with Crippen molar-refractivity contribution >= 4 is 0 Å². The number of rotatable bonds is 8. The number of hydrogen-bond acceptors (Lipinski definition) is 2. The van der Waals surface area contributed by atoms with Gasteiger partial charge in [-0.3, -0.25) is 0 Å². The van der Waals surface area contributed by atoms with Crippen LogP contribution in [0.4, 0.5) is 0 Å². The first-order valence-corrected chi connectivity index (χ1v) is 6.57. The van der Waals surface area contributed by atoms with E-state index in [1.807, 2.05) is 12.4 Å². The number of nitrogens with one attached hydrogen (secondary N) is 2. The van der Waals surface area contributed by atoms with Crippen LogP contribution >= 0.6 is 0 Å². The summed E-state index contributed by atoms with van der Waals surface area (Å²) >= 11 is 0. The van der Waals surface area contributed by atoms with Crippen LogP contribution in [0.3, 0.4) is 0 Å². The van der Waals surface area contributed by atoms with Gasteiger partial charge in [0.25, 0.3) is 0 Å². The Morgan fingerprint density at radius 2 is 1.94 bits per heavy atom. The molecule has 0 spiro atoms. The van der Waals surface area contributed by atoms with E-state index in [2.05, 4.69) is 36.1 Å². The zero-order chi connectivity index (χ0) is 11.8. The highest BCUT2D eigenvalue weighted by Crippen LogP contribution is 2.15. The van der Waals surface area contributed by atoms with Crippen molar-refractivity contribution in [3.8, 4) is 0 Å². The van der Waals surface area contributed by atoms with E-state index in [1.54, 1.807) is 0 Å². The van der Waals surface area contributed by atoms with Crippen molar-refractivity contribution in [2.75, 3.05) is 0 Å². The van der Waals surface area contributed by atoms with Crippen molar-refractivity contribution in [2.24, 2.45) is 0 Å². The molecule has 0 saturated carbocycles. The average Bonchev–Trinajstić information content (AvgIpc) is 2.79. The van der Waals surface area contributed by atoms with Gasteiger partial charge in [-0.2, -0.15) is 0 Å². The van der Waals surface area contributed by atoms with Crippen LogP contribution in [0.2, 0.25) is 0 Å². The van der Waals surface area contributed by atoms with Crippen LogP contribution in [0.15, 0.2) is 12.4 Å². The van der Waals surface area contributed by atoms with Crippen molar-refractivity contribution < 1.29 is 0 Å². The van der Waals surface area contributed by atoms with E-state index < -0.39 is 0 Å². The van der Waals surface area contributed by atoms with Gasteiger partial charge in [-0.1, -0.05) is 33.6 Å². The minimum absolute atomic E-state index is 0.373. The van der Waals surface area contributed by atoms with E-state index in [0.717, 1.165) is 12.2 Å². The topological polar surface area (TPSA) is 40.7 Å². The summed E-state index contributed by atoms with van der Waals surface area (Å²) in [6, 6.07) is 1.00. The summed E-state index contributed by atoms with van der Waals surface area (Å²) in [6.45, 7) is 6.70. The number of aromatic nitrogens is 2. The van der Waals surface area contributed by atoms with E-state index in [0.29, 0.717) is 12.1 Å². The van der Waals surface area contributed by atoms with Crippen molar-refractivity contribution in [1.82, 2.24) is 15.3 Å². The van der Waals surface area contributed by atoms with Gasteiger partial charge in [-0.15, -0.1) is 0 Å². The summed E-state index contributed by atoms with van der Waals surface area (Å²) < 4.78 is 0. The van der Waals surface area contributed by atoms with E-state index in [-0.39, 0.29) is 0 Å². The van der Waals surface area contributed by atoms with Crippen molar-refractivity contribution in [3.05, 3.63) is 18.2 Å². The molecule has 0 radical (unpaired) electrons. The zero-order valence-corrected chi connectivity index (χ0v) is 10.8. The van der Waals surface area contributed by atoms with Crippen LogP contribution in [0.25, 0.3) is 0 Å². The van der Waals surface area contributed by atoms with Gasteiger partial charge in [-0.25, -0.2) is 4.98 Å². The highest BCUT2D eigenvalue weighted by molar-refractivity contribution is 4.96. The lowest BCUT2D eigenvalue weighted by Gasteiger charge is -2.23. The third-order valence-electron chi connectivity index (χ3n) is 2.97. The van der Waals surface area contributed by atoms with Crippen molar-refractivity contribution in [3.63, 3.8) is 0 Å². The van der Waals surface area contributed by atoms with Gasteiger partial charge >= 0.3 is 0 Å². The molecule has 0 amide bonds. The monoisotopic (exact) mass is 223 g/mol. The molecule has 1 aromatic heterocycles. The van der Waals surface area contributed by atoms with Crippen molar-refractivity contribution in [1.29, 1.82) is 0 Å². The second kappa shape index (κ2) is 7.44. The Kier molecular flexibility index (Phi) is 6.16. The molecular formula is C13H25N3. The molecule has 16 heavy (non-hydrogen) atoms. The third kappa shape index (κ3) is 3.97. The summed E-state index contributed by atoms with van der Waals surface area (Å²) in [5.41, 5.74) is 0. The first-order valence-electron chi connectivity index (χ1n) is 6.57. The van der Waals surface area contributed by atoms with E-state index in [9.17, 15) is 0 Å². The minimum atomic E-state index is 0.373. The molecular weight excluding hydrogens is 198 g/mol. The van der Waals surface area contributed by atoms with Crippen molar-refractivity contribution in [2.45, 2.75) is 65.0 Å². The smallest absolute Gasteiger partial charge is 0.123 e. The molecule has 92 valence electrons. The lowest BCUT2D eigenvalue weighted by molar-refractivity contribution is 0.374. The van der Waals surface area contributed by atoms with Crippen LogP contribution in [0.5, 0.6) is 0 Å². The number of imidazole rings is 1. The number of aromatic amines is 1. The summed E-state index contributed by atoms with van der Waals surface area (Å²) in [5, 5.41) is 3.71. The number of hydrogen-bond donors (Lipinski definition) is 2. The van der Waals surface area contributed by atoms with E-state index >= 15 is 0 Å². The maximum absolute atomic E-state index is 4.34. The standard InChI is InChI=1S/C13H25N3/c1-4-7-11(8-5-2)16-12(6-3)13-14-9-10-15-13/h9-12,16H,4-8H2,1-3H3,(H,14,15). The maximum atomic E-state index is 4.34. The zero-order valence-electron chi connectivity index (χ0n) is 10.8. The van der Waals surface area contributed by atoms with Gasteiger partial charge in [0, 0.05) is 18.4 Å². The first kappa shape index (κ1) is 13.2. The SMILES string of the molecule is CCCC(CCC)NC(CC)c1ncc[nH]1. The molecule has 3 heteroatoms. The Morgan fingerprint density at radius 3 is 2.38 bits per heavy atom. The molecule has 0 bridgehead atoms. The average molecular weight is 223 g/mol. The molecule has 0 aliphatic rings. The van der Waals surface area contributed by atoms with Gasteiger partial charge in [-0.05, 0) is 19.3 Å².